The van der Waals surface area contributed by atoms with Crippen molar-refractivity contribution in [3.05, 3.63) is 0 Å². The maximum Gasteiger partial charge on any atom is 0.409 e. The van der Waals surface area contributed by atoms with E-state index in [0.717, 1.165) is 19.5 Å². The summed E-state index contributed by atoms with van der Waals surface area (Å²) in [7, 11) is 0. The molecule has 2 N–H and O–H groups in total. The highest BCUT2D eigenvalue weighted by Gasteiger charge is 2.41. The molecule has 0 spiro atoms. The molecule has 1 amide bonds. The first-order chi connectivity index (χ1) is 12.0. The van der Waals surface area contributed by atoms with Gasteiger partial charge in [0.2, 0.25) is 0 Å². The van der Waals surface area contributed by atoms with Crippen LogP contribution in [0.2, 0.25) is 0 Å². The van der Waals surface area contributed by atoms with Crippen LogP contribution >= 0.6 is 0 Å². The zero-order valence-corrected chi connectivity index (χ0v) is 15.4. The molecule has 25 heavy (non-hydrogen) atoms. The van der Waals surface area contributed by atoms with Crippen molar-refractivity contribution in [2.24, 2.45) is 0 Å². The Bertz CT molecular complexity index is 454. The predicted molar refractivity (Wildman–Crippen MR) is 94.4 cm³/mol. The maximum absolute atomic E-state index is 11.8. The van der Waals surface area contributed by atoms with Gasteiger partial charge in [0.05, 0.1) is 12.2 Å². The number of carbonyl (C=O) groups is 1. The molecule has 0 aromatic rings. The third-order valence-electron chi connectivity index (χ3n) is 6.09. The number of rotatable bonds is 5. The van der Waals surface area contributed by atoms with Gasteiger partial charge in [-0.1, -0.05) is 0 Å². The molecule has 3 saturated heterocycles. The van der Waals surface area contributed by atoms with Gasteiger partial charge in [-0.25, -0.2) is 4.79 Å². The number of fused-ring (bicyclic) bond motifs is 1. The fraction of sp³-hybridized carbons (Fsp3) is 0.944. The molecule has 0 aromatic carbocycles. The molecule has 0 bridgehead atoms. The van der Waals surface area contributed by atoms with E-state index in [1.54, 1.807) is 4.90 Å². The Morgan fingerprint density at radius 1 is 1.24 bits per heavy atom. The fourth-order valence-corrected chi connectivity index (χ4v) is 4.62. The van der Waals surface area contributed by atoms with E-state index in [9.17, 15) is 15.0 Å². The fourth-order valence-electron chi connectivity index (χ4n) is 4.62. The molecule has 144 valence electrons. The molecule has 7 nitrogen and oxygen atoms in total. The quantitative estimate of drug-likeness (QED) is 0.748. The van der Waals surface area contributed by atoms with Crippen LogP contribution in [0.25, 0.3) is 0 Å². The Morgan fingerprint density at radius 2 is 2.00 bits per heavy atom. The van der Waals surface area contributed by atoms with Crippen LogP contribution in [0.1, 0.15) is 39.0 Å². The Labute approximate surface area is 150 Å². The predicted octanol–water partition coefficient (Wildman–Crippen LogP) is 0.501. The van der Waals surface area contributed by atoms with E-state index >= 15 is 0 Å². The summed E-state index contributed by atoms with van der Waals surface area (Å²) in [6, 6.07) is 0.907. The molecule has 0 aliphatic carbocycles. The first kappa shape index (κ1) is 18.9. The van der Waals surface area contributed by atoms with Gasteiger partial charge in [0.25, 0.3) is 0 Å². The van der Waals surface area contributed by atoms with Crippen LogP contribution < -0.4 is 0 Å². The van der Waals surface area contributed by atoms with E-state index in [2.05, 4.69) is 9.80 Å². The minimum Gasteiger partial charge on any atom is -0.450 e. The Balaban J connectivity index is 1.57. The van der Waals surface area contributed by atoms with E-state index in [-0.39, 0.29) is 12.7 Å². The van der Waals surface area contributed by atoms with Crippen LogP contribution in [0.5, 0.6) is 0 Å². The number of β-amino-alcohol motifs (C(OH)–C–C–N with tert-alkyl or cyclic N) is 1. The largest absolute Gasteiger partial charge is 0.450 e. The van der Waals surface area contributed by atoms with E-state index in [4.69, 9.17) is 4.74 Å². The Hall–Kier alpha value is -0.890. The summed E-state index contributed by atoms with van der Waals surface area (Å²) in [5.74, 6) is 0. The van der Waals surface area contributed by atoms with E-state index in [1.807, 2.05) is 6.92 Å². The average molecular weight is 355 g/mol. The van der Waals surface area contributed by atoms with E-state index < -0.39 is 5.60 Å². The molecule has 7 heteroatoms. The normalized spacial score (nSPS) is 30.3. The third-order valence-corrected chi connectivity index (χ3v) is 6.09. The standard InChI is InChI=1S/C18H33N3O4/c1-2-25-17(23)19-9-6-18(24,7-10-19)14-21-13-15-4-3-8-20(15)12-16(21)5-11-22/h15-16,22,24H,2-14H2,1H3/t15-,16+/m1/s1. The summed E-state index contributed by atoms with van der Waals surface area (Å²) in [6.45, 7) is 7.25. The molecule has 0 aromatic heterocycles. The molecule has 0 saturated carbocycles. The molecular weight excluding hydrogens is 322 g/mol. The highest BCUT2D eigenvalue weighted by atomic mass is 16.6. The molecule has 3 aliphatic heterocycles. The highest BCUT2D eigenvalue weighted by Crippen LogP contribution is 2.30. The number of nitrogens with zero attached hydrogens (tertiary/aromatic N) is 3. The Kier molecular flexibility index (Phi) is 6.20. The SMILES string of the molecule is CCOC(=O)N1CCC(O)(CN2C[C@H]3CCCN3C[C@@H]2CCO)CC1. The van der Waals surface area contributed by atoms with Gasteiger partial charge in [0.15, 0.2) is 0 Å². The molecule has 3 fully saturated rings. The van der Waals surface area contributed by atoms with Gasteiger partial charge in [-0.2, -0.15) is 0 Å². The van der Waals surface area contributed by atoms with Gasteiger partial charge in [-0.05, 0) is 45.6 Å². The van der Waals surface area contributed by atoms with Gasteiger partial charge in [0, 0.05) is 51.4 Å². The number of aliphatic hydroxyl groups is 2. The monoisotopic (exact) mass is 355 g/mol. The average Bonchev–Trinajstić information content (AvgIpc) is 3.03. The molecule has 0 unspecified atom stereocenters. The van der Waals surface area contributed by atoms with Crippen LogP contribution in [0, 0.1) is 0 Å². The first-order valence-electron chi connectivity index (χ1n) is 9.77. The lowest BCUT2D eigenvalue weighted by Gasteiger charge is -2.48. The second kappa shape index (κ2) is 8.20. The summed E-state index contributed by atoms with van der Waals surface area (Å²) in [5, 5.41) is 20.5. The van der Waals surface area contributed by atoms with Crippen molar-refractivity contribution in [3.63, 3.8) is 0 Å². The number of carbonyl (C=O) groups excluding carboxylic acids is 1. The number of likely N-dealkylation sites (tertiary alicyclic amines) is 1. The van der Waals surface area contributed by atoms with Crippen molar-refractivity contribution < 1.29 is 19.7 Å². The van der Waals surface area contributed by atoms with Crippen molar-refractivity contribution in [2.45, 2.75) is 56.7 Å². The van der Waals surface area contributed by atoms with Gasteiger partial charge in [-0.15, -0.1) is 0 Å². The molecular formula is C18H33N3O4. The zero-order valence-electron chi connectivity index (χ0n) is 15.4. The highest BCUT2D eigenvalue weighted by molar-refractivity contribution is 5.67. The van der Waals surface area contributed by atoms with Crippen LogP contribution in [-0.2, 0) is 4.74 Å². The van der Waals surface area contributed by atoms with Crippen molar-refractivity contribution >= 4 is 6.09 Å². The van der Waals surface area contributed by atoms with Crippen LogP contribution in [-0.4, -0.2) is 101 Å². The number of ether oxygens (including phenoxy) is 1. The summed E-state index contributed by atoms with van der Waals surface area (Å²) >= 11 is 0. The molecule has 3 aliphatic rings. The van der Waals surface area contributed by atoms with E-state index in [1.165, 1.54) is 19.4 Å². The van der Waals surface area contributed by atoms with Gasteiger partial charge in [-0.3, -0.25) is 9.80 Å². The summed E-state index contributed by atoms with van der Waals surface area (Å²) in [4.78, 5) is 18.5. The van der Waals surface area contributed by atoms with Crippen molar-refractivity contribution in [1.29, 1.82) is 0 Å². The van der Waals surface area contributed by atoms with Gasteiger partial charge in [0.1, 0.15) is 0 Å². The number of piperidine rings is 1. The molecule has 0 radical (unpaired) electrons. The maximum atomic E-state index is 11.8. The lowest BCUT2D eigenvalue weighted by Crippen LogP contribution is -2.61. The smallest absolute Gasteiger partial charge is 0.409 e. The summed E-state index contributed by atoms with van der Waals surface area (Å²) in [6.07, 6.45) is 4.14. The van der Waals surface area contributed by atoms with Crippen LogP contribution in [0.15, 0.2) is 0 Å². The van der Waals surface area contributed by atoms with Gasteiger partial charge >= 0.3 is 6.09 Å². The minimum absolute atomic E-state index is 0.189. The zero-order chi connectivity index (χ0) is 17.9. The third kappa shape index (κ3) is 4.45. The number of piperazine rings is 1. The van der Waals surface area contributed by atoms with Crippen LogP contribution in [0.4, 0.5) is 4.79 Å². The van der Waals surface area contributed by atoms with Crippen LogP contribution in [0.3, 0.4) is 0 Å². The second-order valence-corrected chi connectivity index (χ2v) is 7.80. The number of hydrogen-bond acceptors (Lipinski definition) is 6. The van der Waals surface area contributed by atoms with E-state index in [0.29, 0.717) is 51.2 Å². The van der Waals surface area contributed by atoms with Crippen molar-refractivity contribution in [3.8, 4) is 0 Å². The number of aliphatic hydroxyl groups excluding tert-OH is 1. The van der Waals surface area contributed by atoms with Gasteiger partial charge < -0.3 is 19.8 Å². The molecule has 2 atom stereocenters. The lowest BCUT2D eigenvalue weighted by atomic mass is 9.89. The number of amides is 1. The topological polar surface area (TPSA) is 76.5 Å². The Morgan fingerprint density at radius 3 is 2.68 bits per heavy atom. The van der Waals surface area contributed by atoms with Crippen molar-refractivity contribution in [1.82, 2.24) is 14.7 Å². The molecule has 3 heterocycles. The molecule has 3 rings (SSSR count). The van der Waals surface area contributed by atoms with Crippen molar-refractivity contribution in [2.75, 3.05) is 52.5 Å². The first-order valence-corrected chi connectivity index (χ1v) is 9.77. The summed E-state index contributed by atoms with van der Waals surface area (Å²) < 4.78 is 5.06. The minimum atomic E-state index is -0.753. The second-order valence-electron chi connectivity index (χ2n) is 7.80. The lowest BCUT2D eigenvalue weighted by molar-refractivity contribution is -0.0700. The summed E-state index contributed by atoms with van der Waals surface area (Å²) in [5.41, 5.74) is -0.753. The number of hydrogen-bond donors (Lipinski definition) is 2.